The maximum Gasteiger partial charge on any atom is 0.133 e. The molecule has 0 aliphatic carbocycles. The lowest BCUT2D eigenvalue weighted by Gasteiger charge is -2.28. The van der Waals surface area contributed by atoms with Crippen molar-refractivity contribution in [1.82, 2.24) is 5.32 Å². The Kier molecular flexibility index (Phi) is 3.80. The molecule has 2 aliphatic heterocycles. The molecule has 1 aromatic rings. The Morgan fingerprint density at radius 3 is 2.78 bits per heavy atom. The predicted octanol–water partition coefficient (Wildman–Crippen LogP) is 3.17. The van der Waals surface area contributed by atoms with Crippen LogP contribution in [0.25, 0.3) is 0 Å². The van der Waals surface area contributed by atoms with Gasteiger partial charge in [-0.3, -0.25) is 4.79 Å². The van der Waals surface area contributed by atoms with Crippen molar-refractivity contribution in [3.8, 4) is 0 Å². The first kappa shape index (κ1) is 12.4. The number of aryl methyl sites for hydroxylation is 1. The number of nitrogens with one attached hydrogen (secondary N) is 1. The van der Waals surface area contributed by atoms with E-state index in [1.807, 2.05) is 0 Å². The van der Waals surface area contributed by atoms with Gasteiger partial charge >= 0.3 is 0 Å². The van der Waals surface area contributed by atoms with Gasteiger partial charge in [0.05, 0.1) is 0 Å². The molecule has 0 radical (unpaired) electrons. The van der Waals surface area contributed by atoms with Crippen LogP contribution >= 0.6 is 11.3 Å². The van der Waals surface area contributed by atoms with Crippen LogP contribution in [0.4, 0.5) is 0 Å². The van der Waals surface area contributed by atoms with Crippen LogP contribution in [0.1, 0.15) is 43.4 Å². The number of Topliss-reactive ketones (excluding diaryl/α,β-unsaturated/α-hetero) is 1. The number of carbonyl (C=O) groups is 1. The second-order valence-corrected chi connectivity index (χ2v) is 6.83. The Hall–Kier alpha value is -0.670. The van der Waals surface area contributed by atoms with Crippen LogP contribution in [0.15, 0.2) is 17.5 Å². The van der Waals surface area contributed by atoms with Gasteiger partial charge in [-0.05, 0) is 49.5 Å². The summed E-state index contributed by atoms with van der Waals surface area (Å²) in [4.78, 5) is 13.4. The largest absolute Gasteiger partial charge is 0.311 e. The van der Waals surface area contributed by atoms with Crippen molar-refractivity contribution in [2.24, 2.45) is 5.92 Å². The highest BCUT2D eigenvalue weighted by molar-refractivity contribution is 7.09. The Bertz CT molecular complexity index is 389. The van der Waals surface area contributed by atoms with E-state index in [2.05, 4.69) is 22.8 Å². The third-order valence-electron chi connectivity index (χ3n) is 4.32. The summed E-state index contributed by atoms with van der Waals surface area (Å²) in [7, 11) is 0. The van der Waals surface area contributed by atoms with Gasteiger partial charge in [-0.25, -0.2) is 0 Å². The van der Waals surface area contributed by atoms with Crippen LogP contribution in [0.5, 0.6) is 0 Å². The number of hydrogen-bond acceptors (Lipinski definition) is 3. The molecule has 0 amide bonds. The highest BCUT2D eigenvalue weighted by Gasteiger charge is 2.33. The fraction of sp³-hybridized carbons (Fsp3) is 0.667. The minimum Gasteiger partial charge on any atom is -0.311 e. The lowest BCUT2D eigenvalue weighted by atomic mass is 9.87. The Morgan fingerprint density at radius 1 is 1.33 bits per heavy atom. The van der Waals surface area contributed by atoms with E-state index >= 15 is 0 Å². The van der Waals surface area contributed by atoms with Gasteiger partial charge < -0.3 is 5.32 Å². The monoisotopic (exact) mass is 263 g/mol. The van der Waals surface area contributed by atoms with Crippen molar-refractivity contribution in [3.05, 3.63) is 22.4 Å². The van der Waals surface area contributed by atoms with Gasteiger partial charge in [-0.15, -0.1) is 11.3 Å². The van der Waals surface area contributed by atoms with Crippen LogP contribution in [-0.4, -0.2) is 17.9 Å². The van der Waals surface area contributed by atoms with E-state index in [0.29, 0.717) is 23.8 Å². The van der Waals surface area contributed by atoms with Crippen molar-refractivity contribution >= 4 is 17.1 Å². The molecule has 18 heavy (non-hydrogen) atoms. The van der Waals surface area contributed by atoms with Crippen molar-refractivity contribution in [2.75, 3.05) is 0 Å². The fourth-order valence-corrected chi connectivity index (χ4v) is 4.19. The molecule has 2 unspecified atom stereocenters. The molecule has 0 aromatic carbocycles. The molecule has 2 atom stereocenters. The molecule has 2 aliphatic rings. The number of hydrogen-bond donors (Lipinski definition) is 1. The van der Waals surface area contributed by atoms with Gasteiger partial charge in [0.2, 0.25) is 0 Å². The molecule has 3 heterocycles. The zero-order valence-electron chi connectivity index (χ0n) is 10.7. The second-order valence-electron chi connectivity index (χ2n) is 5.80. The van der Waals surface area contributed by atoms with Crippen molar-refractivity contribution in [3.63, 3.8) is 0 Å². The highest BCUT2D eigenvalue weighted by Crippen LogP contribution is 2.33. The van der Waals surface area contributed by atoms with Crippen LogP contribution in [0.3, 0.4) is 0 Å². The molecular weight excluding hydrogens is 242 g/mol. The van der Waals surface area contributed by atoms with Gasteiger partial charge in [0.1, 0.15) is 5.78 Å². The summed E-state index contributed by atoms with van der Waals surface area (Å²) in [6, 6.07) is 5.61. The number of thiophene rings is 1. The van der Waals surface area contributed by atoms with Crippen LogP contribution in [0, 0.1) is 5.92 Å². The topological polar surface area (TPSA) is 29.1 Å². The molecule has 0 spiro atoms. The summed E-state index contributed by atoms with van der Waals surface area (Å²) in [5.41, 5.74) is 0. The maximum atomic E-state index is 12.0. The van der Waals surface area contributed by atoms with Gasteiger partial charge in [-0.2, -0.15) is 0 Å². The predicted molar refractivity (Wildman–Crippen MR) is 74.9 cm³/mol. The normalized spacial score (nSPS) is 30.6. The zero-order chi connectivity index (χ0) is 12.4. The van der Waals surface area contributed by atoms with Crippen molar-refractivity contribution < 1.29 is 4.79 Å². The SMILES string of the molecule is O=C(CCc1cccs1)CC1CC2CCC(C1)N2. The van der Waals surface area contributed by atoms with E-state index in [4.69, 9.17) is 0 Å². The van der Waals surface area contributed by atoms with Crippen LogP contribution in [-0.2, 0) is 11.2 Å². The van der Waals surface area contributed by atoms with E-state index in [0.717, 1.165) is 19.3 Å². The van der Waals surface area contributed by atoms with E-state index in [1.54, 1.807) is 11.3 Å². The Labute approximate surface area is 113 Å². The van der Waals surface area contributed by atoms with Crippen LogP contribution in [0.2, 0.25) is 0 Å². The van der Waals surface area contributed by atoms with Gasteiger partial charge in [0, 0.05) is 29.8 Å². The molecule has 2 bridgehead atoms. The number of piperidine rings is 1. The molecule has 3 rings (SSSR count). The standard InChI is InChI=1S/C15H21NOS/c17-14(5-6-15-2-1-7-18-15)10-11-8-12-3-4-13(9-11)16-12/h1-2,7,11-13,16H,3-6,8-10H2. The molecule has 2 saturated heterocycles. The third-order valence-corrected chi connectivity index (χ3v) is 5.25. The number of ketones is 1. The minimum absolute atomic E-state index is 0.467. The summed E-state index contributed by atoms with van der Waals surface area (Å²) in [6.45, 7) is 0. The lowest BCUT2D eigenvalue weighted by Crippen LogP contribution is -2.38. The Morgan fingerprint density at radius 2 is 2.11 bits per heavy atom. The quantitative estimate of drug-likeness (QED) is 0.884. The van der Waals surface area contributed by atoms with Crippen LogP contribution < -0.4 is 5.32 Å². The lowest BCUT2D eigenvalue weighted by molar-refractivity contribution is -0.120. The summed E-state index contributed by atoms with van der Waals surface area (Å²) in [5.74, 6) is 1.12. The Balaban J connectivity index is 1.43. The summed E-state index contributed by atoms with van der Waals surface area (Å²) in [6.07, 6.45) is 7.59. The van der Waals surface area contributed by atoms with E-state index < -0.39 is 0 Å². The maximum absolute atomic E-state index is 12.0. The molecule has 2 nitrogen and oxygen atoms in total. The molecule has 98 valence electrons. The molecule has 3 heteroatoms. The third kappa shape index (κ3) is 3.01. The summed E-state index contributed by atoms with van der Waals surface area (Å²) < 4.78 is 0. The van der Waals surface area contributed by atoms with E-state index in [-0.39, 0.29) is 0 Å². The van der Waals surface area contributed by atoms with Gasteiger partial charge in [0.25, 0.3) is 0 Å². The molecular formula is C15H21NOS. The van der Waals surface area contributed by atoms with E-state index in [9.17, 15) is 4.79 Å². The molecule has 1 aromatic heterocycles. The fourth-order valence-electron chi connectivity index (χ4n) is 3.48. The van der Waals surface area contributed by atoms with Gasteiger partial charge in [0.15, 0.2) is 0 Å². The van der Waals surface area contributed by atoms with E-state index in [1.165, 1.54) is 30.6 Å². The first-order valence-electron chi connectivity index (χ1n) is 7.10. The number of rotatable bonds is 5. The minimum atomic E-state index is 0.467. The zero-order valence-corrected chi connectivity index (χ0v) is 11.5. The number of fused-ring (bicyclic) bond motifs is 2. The average Bonchev–Trinajstić information content (AvgIpc) is 2.97. The highest BCUT2D eigenvalue weighted by atomic mass is 32.1. The summed E-state index contributed by atoms with van der Waals surface area (Å²) in [5, 5.41) is 5.73. The van der Waals surface area contributed by atoms with Crippen molar-refractivity contribution in [2.45, 2.75) is 57.0 Å². The molecule has 1 N–H and O–H groups in total. The molecule has 0 saturated carbocycles. The summed E-state index contributed by atoms with van der Waals surface area (Å²) >= 11 is 1.76. The van der Waals surface area contributed by atoms with Crippen molar-refractivity contribution in [1.29, 1.82) is 0 Å². The smallest absolute Gasteiger partial charge is 0.133 e. The number of carbonyl (C=O) groups excluding carboxylic acids is 1. The first-order valence-corrected chi connectivity index (χ1v) is 7.97. The first-order chi connectivity index (χ1) is 8.79. The van der Waals surface area contributed by atoms with Gasteiger partial charge in [-0.1, -0.05) is 6.07 Å². The average molecular weight is 263 g/mol. The molecule has 2 fully saturated rings. The second kappa shape index (κ2) is 5.54.